The van der Waals surface area contributed by atoms with Gasteiger partial charge in [-0.2, -0.15) is 0 Å². The molecule has 3 rings (SSSR count). The summed E-state index contributed by atoms with van der Waals surface area (Å²) in [5, 5.41) is 9.90. The van der Waals surface area contributed by atoms with E-state index in [0.29, 0.717) is 25.1 Å². The molecule has 0 saturated heterocycles. The van der Waals surface area contributed by atoms with E-state index in [1.807, 2.05) is 43.3 Å². The molecule has 1 heterocycles. The zero-order chi connectivity index (χ0) is 24.0. The number of hydrogen-bond donors (Lipinski definition) is 1. The summed E-state index contributed by atoms with van der Waals surface area (Å²) >= 11 is 1.15. The number of nitrogens with zero attached hydrogens (tertiary/aromatic N) is 1. The molecule has 1 aromatic heterocycles. The second kappa shape index (κ2) is 11.2. The van der Waals surface area contributed by atoms with Crippen LogP contribution in [-0.2, 0) is 16.8 Å². The van der Waals surface area contributed by atoms with Crippen molar-refractivity contribution in [3.05, 3.63) is 76.7 Å². The Hall–Kier alpha value is -2.32. The zero-order valence-corrected chi connectivity index (χ0v) is 22.3. The SMILES string of the molecule is C=ICC(C)(C)c1ccc(CN(C(=O)CCC)c2cc(-c3ccccc3)sc2C(=O)O)cc1. The van der Waals surface area contributed by atoms with Crippen molar-refractivity contribution in [3.63, 3.8) is 0 Å². The van der Waals surface area contributed by atoms with Gasteiger partial charge in [0.2, 0.25) is 5.91 Å². The summed E-state index contributed by atoms with van der Waals surface area (Å²) in [6.45, 7) is 6.77. The third-order valence-electron chi connectivity index (χ3n) is 5.53. The maximum absolute atomic E-state index is 13.1. The van der Waals surface area contributed by atoms with Gasteiger partial charge in [-0.15, -0.1) is 32.1 Å². The molecule has 33 heavy (non-hydrogen) atoms. The number of benzene rings is 2. The minimum Gasteiger partial charge on any atom is -0.477 e. The van der Waals surface area contributed by atoms with E-state index < -0.39 is 5.97 Å². The Bertz CT molecular complexity index is 1120. The quantitative estimate of drug-likeness (QED) is 0.207. The molecular formula is C27H30INO3S. The van der Waals surface area contributed by atoms with Crippen LogP contribution in [0.5, 0.6) is 0 Å². The molecular weight excluding hydrogens is 545 g/mol. The van der Waals surface area contributed by atoms with Crippen LogP contribution in [0.4, 0.5) is 5.69 Å². The molecule has 0 radical (unpaired) electrons. The van der Waals surface area contributed by atoms with Crippen molar-refractivity contribution in [1.29, 1.82) is 0 Å². The van der Waals surface area contributed by atoms with Crippen LogP contribution in [0.3, 0.4) is 0 Å². The molecule has 0 fully saturated rings. The smallest absolute Gasteiger partial charge is 0.348 e. The predicted molar refractivity (Wildman–Crippen MR) is 148 cm³/mol. The van der Waals surface area contributed by atoms with Gasteiger partial charge < -0.3 is 10.0 Å². The molecule has 174 valence electrons. The molecule has 3 aromatic rings. The van der Waals surface area contributed by atoms with Crippen molar-refractivity contribution in [2.45, 2.75) is 45.6 Å². The molecule has 2 aromatic carbocycles. The van der Waals surface area contributed by atoms with Crippen LogP contribution < -0.4 is 4.90 Å². The summed E-state index contributed by atoms with van der Waals surface area (Å²) in [5.74, 6) is -1.08. The zero-order valence-electron chi connectivity index (χ0n) is 19.3. The number of rotatable bonds is 10. The fourth-order valence-electron chi connectivity index (χ4n) is 3.69. The first kappa shape index (κ1) is 25.3. The number of halogens is 1. The predicted octanol–water partition coefficient (Wildman–Crippen LogP) is 7.13. The van der Waals surface area contributed by atoms with Gasteiger partial charge in [0, 0.05) is 15.7 Å². The Morgan fingerprint density at radius 2 is 1.76 bits per heavy atom. The van der Waals surface area contributed by atoms with Crippen molar-refractivity contribution in [3.8, 4) is 10.4 Å². The van der Waals surface area contributed by atoms with E-state index in [-0.39, 0.29) is 36.9 Å². The van der Waals surface area contributed by atoms with Crippen molar-refractivity contribution in [2.24, 2.45) is 0 Å². The van der Waals surface area contributed by atoms with E-state index in [1.165, 1.54) is 16.9 Å². The fraction of sp³-hybridized carbons (Fsp3) is 0.296. The molecule has 1 N–H and O–H groups in total. The van der Waals surface area contributed by atoms with Crippen molar-refractivity contribution in [2.75, 3.05) is 9.33 Å². The molecule has 0 bridgehead atoms. The summed E-state index contributed by atoms with van der Waals surface area (Å²) in [4.78, 5) is 27.9. The monoisotopic (exact) mass is 575 g/mol. The van der Waals surface area contributed by atoms with Gasteiger partial charge in [-0.05, 0) is 34.6 Å². The number of amides is 1. The Kier molecular flexibility index (Phi) is 8.59. The second-order valence-corrected chi connectivity index (χ2v) is 11.5. The van der Waals surface area contributed by atoms with Crippen LogP contribution >= 0.6 is 32.1 Å². The van der Waals surface area contributed by atoms with Crippen LogP contribution in [0.2, 0.25) is 0 Å². The average molecular weight is 576 g/mol. The highest BCUT2D eigenvalue weighted by molar-refractivity contribution is 14.2. The number of aromatic carboxylic acids is 1. The first-order valence-corrected chi connectivity index (χ1v) is 14.8. The fourth-order valence-corrected chi connectivity index (χ4v) is 6.49. The molecule has 0 saturated carbocycles. The minimum atomic E-state index is -1.01. The standard InChI is InChI=1S/C27H30INO3S/c1-5-9-24(30)29(17-19-12-14-21(15-13-19)27(2,3)18-28-4)22-16-23(33-25(22)26(31)32)20-10-7-6-8-11-20/h6-8,10-16H,4-5,9,17-18H2,1-3H3,(H,31,32). The van der Waals surface area contributed by atoms with E-state index >= 15 is 0 Å². The Morgan fingerprint density at radius 3 is 2.33 bits per heavy atom. The average Bonchev–Trinajstić information content (AvgIpc) is 3.24. The lowest BCUT2D eigenvalue weighted by molar-refractivity contribution is -0.118. The van der Waals surface area contributed by atoms with E-state index in [0.717, 1.165) is 20.4 Å². The van der Waals surface area contributed by atoms with Gasteiger partial charge in [-0.1, -0.05) is 79.9 Å². The van der Waals surface area contributed by atoms with Gasteiger partial charge in [-0.3, -0.25) is 4.79 Å². The number of carbonyl (C=O) groups excluding carboxylic acids is 1. The second-order valence-electron chi connectivity index (χ2n) is 8.63. The number of anilines is 1. The van der Waals surface area contributed by atoms with Gasteiger partial charge >= 0.3 is 5.97 Å². The number of carboxylic acid groups (broad SMARTS) is 1. The summed E-state index contributed by atoms with van der Waals surface area (Å²) in [6.07, 6.45) is 1.07. The van der Waals surface area contributed by atoms with Crippen LogP contribution in [0, 0.1) is 0 Å². The third-order valence-corrected chi connectivity index (χ3v) is 9.13. The van der Waals surface area contributed by atoms with E-state index in [4.69, 9.17) is 0 Å². The Morgan fingerprint density at radius 1 is 1.09 bits per heavy atom. The minimum absolute atomic E-state index is 0.0595. The highest BCUT2D eigenvalue weighted by atomic mass is 127. The van der Waals surface area contributed by atoms with E-state index in [2.05, 4.69) is 42.6 Å². The summed E-state index contributed by atoms with van der Waals surface area (Å²) in [6, 6.07) is 19.9. The molecule has 4 nitrogen and oxygen atoms in total. The summed E-state index contributed by atoms with van der Waals surface area (Å²) < 4.78 is 5.19. The highest BCUT2D eigenvalue weighted by Crippen LogP contribution is 2.38. The third kappa shape index (κ3) is 6.18. The maximum Gasteiger partial charge on any atom is 0.348 e. The van der Waals surface area contributed by atoms with Crippen LogP contribution in [-0.4, -0.2) is 25.9 Å². The summed E-state index contributed by atoms with van der Waals surface area (Å²) in [5.41, 5.74) is 3.73. The molecule has 0 unspecified atom stereocenters. The van der Waals surface area contributed by atoms with E-state index in [9.17, 15) is 14.7 Å². The maximum atomic E-state index is 13.1. The lowest BCUT2D eigenvalue weighted by Crippen LogP contribution is -2.31. The molecule has 0 aliphatic rings. The van der Waals surface area contributed by atoms with Crippen molar-refractivity contribution >= 4 is 54.1 Å². The first-order chi connectivity index (χ1) is 15.8. The topological polar surface area (TPSA) is 57.6 Å². The summed E-state index contributed by atoms with van der Waals surface area (Å²) in [7, 11) is 0. The first-order valence-electron chi connectivity index (χ1n) is 10.9. The van der Waals surface area contributed by atoms with Crippen molar-refractivity contribution < 1.29 is 14.7 Å². The number of carbonyl (C=O) groups is 2. The number of carboxylic acids is 1. The number of alkyl halides is 1. The van der Waals surface area contributed by atoms with Crippen LogP contribution in [0.1, 0.15) is 54.4 Å². The normalized spacial score (nSPS) is 11.4. The Labute approximate surface area is 210 Å². The number of thiophene rings is 1. The molecule has 6 heteroatoms. The molecule has 0 atom stereocenters. The Balaban J connectivity index is 1.99. The van der Waals surface area contributed by atoms with Gasteiger partial charge in [0.15, 0.2) is 0 Å². The van der Waals surface area contributed by atoms with Crippen LogP contribution in [0.25, 0.3) is 10.4 Å². The lowest BCUT2D eigenvalue weighted by atomic mass is 9.86. The van der Waals surface area contributed by atoms with Gasteiger partial charge in [-0.25, -0.2) is 4.79 Å². The van der Waals surface area contributed by atoms with Crippen LogP contribution in [0.15, 0.2) is 60.7 Å². The van der Waals surface area contributed by atoms with Crippen molar-refractivity contribution in [1.82, 2.24) is 0 Å². The lowest BCUT2D eigenvalue weighted by Gasteiger charge is -2.25. The van der Waals surface area contributed by atoms with Gasteiger partial charge in [0.05, 0.1) is 12.2 Å². The largest absolute Gasteiger partial charge is 0.477 e. The molecule has 1 amide bonds. The number of hydrogen-bond acceptors (Lipinski definition) is 3. The molecule has 0 aliphatic carbocycles. The van der Waals surface area contributed by atoms with Gasteiger partial charge in [0.1, 0.15) is 4.88 Å². The van der Waals surface area contributed by atoms with E-state index in [1.54, 1.807) is 4.90 Å². The highest BCUT2D eigenvalue weighted by Gasteiger charge is 2.26. The van der Waals surface area contributed by atoms with Gasteiger partial charge in [0.25, 0.3) is 0 Å². The molecule has 0 spiro atoms. The molecule has 0 aliphatic heterocycles.